The molecule has 8 bridgehead atoms. The fourth-order valence-electron chi connectivity index (χ4n) is 12.1. The summed E-state index contributed by atoms with van der Waals surface area (Å²) < 4.78 is 14.0. The van der Waals surface area contributed by atoms with Gasteiger partial charge in [0.25, 0.3) is 23.6 Å². The van der Waals surface area contributed by atoms with Gasteiger partial charge in [-0.05, 0) is 123 Å². The number of imide groups is 2. The molecule has 10 heteroatoms. The fraction of sp³-hybridized carbons (Fsp3) is 0.333. The monoisotopic (exact) mass is 1090 g/mol. The minimum absolute atomic E-state index is 0.0138. The maximum Gasteiger partial charge on any atom is 0.261 e. The summed E-state index contributed by atoms with van der Waals surface area (Å²) in [6, 6.07) is 39.0. The molecule has 2 aliphatic heterocycles. The number of ether oxygens (including phenoxy) is 2. The number of phenols is 2. The highest BCUT2D eigenvalue weighted by atomic mass is 16.5. The van der Waals surface area contributed by atoms with Crippen LogP contribution in [0.15, 0.2) is 121 Å². The zero-order valence-electron chi connectivity index (χ0n) is 49.4. The molecule has 0 radical (unpaired) electrons. The van der Waals surface area contributed by atoms with E-state index in [9.17, 15) is 29.4 Å². The Hall–Kier alpha value is -8.24. The lowest BCUT2D eigenvalue weighted by Crippen LogP contribution is -2.42. The van der Waals surface area contributed by atoms with Crippen LogP contribution >= 0.6 is 0 Å². The maximum atomic E-state index is 14.2. The van der Waals surface area contributed by atoms with Crippen LogP contribution in [0.25, 0.3) is 21.5 Å². The van der Waals surface area contributed by atoms with Gasteiger partial charge in [0.05, 0.1) is 13.1 Å². The summed E-state index contributed by atoms with van der Waals surface area (Å²) in [4.78, 5) is 59.3. The number of carbonyl (C=O) groups excluding carboxylic acids is 4. The van der Waals surface area contributed by atoms with Gasteiger partial charge >= 0.3 is 0 Å². The van der Waals surface area contributed by atoms with Crippen molar-refractivity contribution in [1.82, 2.24) is 9.80 Å². The van der Waals surface area contributed by atoms with E-state index in [1.807, 2.05) is 48.5 Å². The van der Waals surface area contributed by atoms with Crippen molar-refractivity contribution in [2.75, 3.05) is 26.3 Å². The summed E-state index contributed by atoms with van der Waals surface area (Å²) in [6.07, 6.45) is 1.04. The zero-order chi connectivity index (χ0) is 58.5. The van der Waals surface area contributed by atoms with Gasteiger partial charge in [0.2, 0.25) is 0 Å². The van der Waals surface area contributed by atoms with E-state index in [-0.39, 0.29) is 109 Å². The van der Waals surface area contributed by atoms with E-state index in [0.717, 1.165) is 55.3 Å². The number of benzene rings is 8. The summed E-state index contributed by atoms with van der Waals surface area (Å²) in [5, 5.41) is 28.8. The molecule has 3 aliphatic rings. The van der Waals surface area contributed by atoms with E-state index in [0.29, 0.717) is 66.8 Å². The van der Waals surface area contributed by atoms with Crippen LogP contribution < -0.4 is 9.47 Å². The van der Waals surface area contributed by atoms with E-state index in [4.69, 9.17) is 9.47 Å². The molecule has 4 amide bonds. The summed E-state index contributed by atoms with van der Waals surface area (Å²) in [5.41, 5.74) is 10.6. The molecule has 10 nitrogen and oxygen atoms in total. The van der Waals surface area contributed by atoms with Crippen LogP contribution in [0.1, 0.15) is 191 Å². The highest BCUT2D eigenvalue weighted by Gasteiger charge is 2.36. The Balaban J connectivity index is 1.06. The third kappa shape index (κ3) is 10.2. The second-order valence-electron chi connectivity index (χ2n) is 26.9. The van der Waals surface area contributed by atoms with Gasteiger partial charge in [0, 0.05) is 58.7 Å². The molecule has 0 aromatic heterocycles. The summed E-state index contributed by atoms with van der Waals surface area (Å²) in [6.45, 7) is 25.9. The van der Waals surface area contributed by atoms with E-state index in [1.165, 1.54) is 9.80 Å². The van der Waals surface area contributed by atoms with Gasteiger partial charge in [-0.25, -0.2) is 0 Å². The van der Waals surface area contributed by atoms with E-state index in [2.05, 4.69) is 132 Å². The second-order valence-corrected chi connectivity index (χ2v) is 26.9. The number of hydrogen-bond donors (Lipinski definition) is 2. The molecule has 8 aromatic rings. The number of fused-ring (bicyclic) bond motifs is 8. The number of phenolic OH excluding ortho intramolecular Hbond substituents is 2. The van der Waals surface area contributed by atoms with Gasteiger partial charge in [-0.3, -0.25) is 29.0 Å². The number of rotatable bonds is 8. The van der Waals surface area contributed by atoms with Gasteiger partial charge < -0.3 is 19.7 Å². The van der Waals surface area contributed by atoms with Crippen LogP contribution in [-0.2, 0) is 47.3 Å². The molecule has 1 aliphatic carbocycles. The highest BCUT2D eigenvalue weighted by molar-refractivity contribution is 6.26. The zero-order valence-corrected chi connectivity index (χ0v) is 49.4. The topological polar surface area (TPSA) is 134 Å². The minimum atomic E-state index is -0.375. The Labute approximate surface area is 481 Å². The largest absolute Gasteiger partial charge is 0.507 e. The van der Waals surface area contributed by atoms with Crippen LogP contribution in [0.2, 0.25) is 0 Å². The molecule has 0 fully saturated rings. The van der Waals surface area contributed by atoms with Crippen molar-refractivity contribution in [2.24, 2.45) is 0 Å². The van der Waals surface area contributed by atoms with E-state index >= 15 is 0 Å². The average Bonchev–Trinajstić information content (AvgIpc) is 3.43. The molecule has 2 heterocycles. The maximum absolute atomic E-state index is 14.2. The van der Waals surface area contributed by atoms with Gasteiger partial charge in [0.15, 0.2) is 0 Å². The first-order valence-corrected chi connectivity index (χ1v) is 28.7. The number of aromatic hydroxyl groups is 2. The lowest BCUT2D eigenvalue weighted by Gasteiger charge is -2.29. The van der Waals surface area contributed by atoms with Crippen molar-refractivity contribution in [2.45, 2.75) is 130 Å². The Kier molecular flexibility index (Phi) is 13.8. The number of amides is 4. The molecular formula is C72H74N2O8. The summed E-state index contributed by atoms with van der Waals surface area (Å²) >= 11 is 0. The lowest BCUT2D eigenvalue weighted by molar-refractivity contribution is 0.0573. The first-order valence-electron chi connectivity index (χ1n) is 28.7. The Morgan fingerprint density at radius 2 is 0.598 bits per heavy atom. The number of nitrogens with zero attached hydrogens (tertiary/aromatic N) is 2. The standard InChI is InChI=1S/C72H74N2O8/c1-69(2,3)51-33-43-29-47-37-53(71(7,8)9)39-49(63(47)81-27-25-73-65(77)55-21-13-17-41-18-14-22-56(59(41)55)66(73)78)31-45-35-52(70(4,5)6)36-46(62(45)76)32-50-40-54(72(10,11)12)38-48(30-44(34-51)61(43)75)64(50)82-28-26-74-67(79)57-23-15-19-42-20-16-24-58(60(42)57)68(74)80/h13-24,33-40,75-76H,25-32H2,1-12H3. The van der Waals surface area contributed by atoms with Crippen molar-refractivity contribution in [1.29, 1.82) is 0 Å². The second kappa shape index (κ2) is 20.3. The van der Waals surface area contributed by atoms with Crippen LogP contribution in [-0.4, -0.2) is 69.9 Å². The van der Waals surface area contributed by atoms with Gasteiger partial charge in [0.1, 0.15) is 36.2 Å². The molecule has 11 rings (SSSR count). The van der Waals surface area contributed by atoms with Crippen LogP contribution in [0.4, 0.5) is 0 Å². The summed E-state index contributed by atoms with van der Waals surface area (Å²) in [5.74, 6) is -0.110. The molecule has 420 valence electrons. The predicted molar refractivity (Wildman–Crippen MR) is 325 cm³/mol. The smallest absolute Gasteiger partial charge is 0.261 e. The molecular weight excluding hydrogens is 1020 g/mol. The third-order valence-electron chi connectivity index (χ3n) is 16.8. The molecule has 8 aromatic carbocycles. The first kappa shape index (κ1) is 55.7. The number of hydrogen-bond acceptors (Lipinski definition) is 8. The van der Waals surface area contributed by atoms with E-state index < -0.39 is 0 Å². The molecule has 0 atom stereocenters. The quantitative estimate of drug-likeness (QED) is 0.144. The number of carbonyl (C=O) groups is 4. The van der Waals surface area contributed by atoms with Crippen LogP contribution in [0.3, 0.4) is 0 Å². The van der Waals surface area contributed by atoms with Crippen LogP contribution in [0.5, 0.6) is 23.0 Å². The lowest BCUT2D eigenvalue weighted by atomic mass is 9.79. The third-order valence-corrected chi connectivity index (χ3v) is 16.8. The first-order chi connectivity index (χ1) is 38.6. The van der Waals surface area contributed by atoms with Crippen molar-refractivity contribution in [3.63, 3.8) is 0 Å². The van der Waals surface area contributed by atoms with Crippen molar-refractivity contribution >= 4 is 45.2 Å². The average molecular weight is 1100 g/mol. The van der Waals surface area contributed by atoms with Crippen molar-refractivity contribution in [3.05, 3.63) is 210 Å². The predicted octanol–water partition coefficient (Wildman–Crippen LogP) is 14.6. The Bertz CT molecular complexity index is 3530. The fourth-order valence-corrected chi connectivity index (χ4v) is 12.1. The van der Waals surface area contributed by atoms with Gasteiger partial charge in [-0.1, -0.05) is 180 Å². The molecule has 82 heavy (non-hydrogen) atoms. The molecule has 0 saturated carbocycles. The van der Waals surface area contributed by atoms with E-state index in [1.54, 1.807) is 24.3 Å². The molecule has 0 saturated heterocycles. The summed E-state index contributed by atoms with van der Waals surface area (Å²) in [7, 11) is 0. The highest BCUT2D eigenvalue weighted by Crippen LogP contribution is 2.44. The Morgan fingerprint density at radius 1 is 0.366 bits per heavy atom. The van der Waals surface area contributed by atoms with Crippen LogP contribution in [0, 0.1) is 0 Å². The Morgan fingerprint density at radius 3 is 0.829 bits per heavy atom. The molecule has 0 unspecified atom stereocenters. The minimum Gasteiger partial charge on any atom is -0.507 e. The molecule has 0 spiro atoms. The molecule has 2 N–H and O–H groups in total. The van der Waals surface area contributed by atoms with Crippen molar-refractivity contribution < 1.29 is 38.9 Å². The van der Waals surface area contributed by atoms with Crippen molar-refractivity contribution in [3.8, 4) is 23.0 Å². The van der Waals surface area contributed by atoms with Gasteiger partial charge in [-0.15, -0.1) is 0 Å². The SMILES string of the molecule is CC(C)(C)c1cc2c(O)c(c1)Cc1cc(C(C)(C)C)cc(c1OCCN1C(=O)c3cccc4cccc(c34)C1=O)Cc1cc(C(C)(C)C)cc(c1O)Cc1cc(C(C)(C)C)cc(c1OCCN1C(=O)c3cccc4cccc(c34)C1=O)C2. The van der Waals surface area contributed by atoms with Gasteiger partial charge in [-0.2, -0.15) is 0 Å². The normalized spacial score (nSPS) is 14.7.